The fourth-order valence-corrected chi connectivity index (χ4v) is 1.67. The summed E-state index contributed by atoms with van der Waals surface area (Å²) >= 11 is 0. The number of nitrogens with one attached hydrogen (secondary N) is 1. The molecular formula is C15H17NO2. The summed E-state index contributed by atoms with van der Waals surface area (Å²) in [4.78, 5) is 11.7. The van der Waals surface area contributed by atoms with Crippen LogP contribution in [-0.2, 0) is 11.2 Å². The van der Waals surface area contributed by atoms with Gasteiger partial charge in [-0.15, -0.1) is 0 Å². The highest BCUT2D eigenvalue weighted by Gasteiger charge is 2.03. The minimum absolute atomic E-state index is 0.00653. The van der Waals surface area contributed by atoms with Crippen molar-refractivity contribution in [2.24, 2.45) is 0 Å². The highest BCUT2D eigenvalue weighted by Crippen LogP contribution is 2.24. The third-order valence-corrected chi connectivity index (χ3v) is 2.46. The van der Waals surface area contributed by atoms with Gasteiger partial charge in [-0.1, -0.05) is 24.3 Å². The summed E-state index contributed by atoms with van der Waals surface area (Å²) in [6.45, 7) is -3.86. The van der Waals surface area contributed by atoms with E-state index >= 15 is 0 Å². The fraction of sp³-hybridized carbons (Fsp3) is 0.267. The van der Waals surface area contributed by atoms with Gasteiger partial charge in [0.1, 0.15) is 5.75 Å². The van der Waals surface area contributed by atoms with Crippen LogP contribution in [0.5, 0.6) is 5.75 Å². The zero-order valence-corrected chi connectivity index (χ0v) is 9.43. The van der Waals surface area contributed by atoms with Crippen molar-refractivity contribution in [1.29, 1.82) is 0 Å². The summed E-state index contributed by atoms with van der Waals surface area (Å²) in [6.07, 6.45) is -2.26. The Balaban J connectivity index is 2.43. The number of ether oxygens (including phenoxy) is 1. The molecule has 0 unspecified atom stereocenters. The topological polar surface area (TPSA) is 38.3 Å². The lowest BCUT2D eigenvalue weighted by molar-refractivity contribution is -0.118. The molecule has 2 aromatic carbocycles. The van der Waals surface area contributed by atoms with Gasteiger partial charge in [0.05, 0.1) is 11.2 Å². The van der Waals surface area contributed by atoms with Crippen molar-refractivity contribution in [2.45, 2.75) is 13.2 Å². The SMILES string of the molecule is [2H]N(CC([2H])([2H])c1cccc2ccc(OC([2H])([2H])[2H])cc12)C(=O)C([2H])([2H])[2H]. The Morgan fingerprint density at radius 3 is 3.28 bits per heavy atom. The Morgan fingerprint density at radius 1 is 1.50 bits per heavy atom. The lowest BCUT2D eigenvalue weighted by Crippen LogP contribution is -2.22. The molecule has 3 nitrogen and oxygen atoms in total. The van der Waals surface area contributed by atoms with Crippen LogP contribution >= 0.6 is 0 Å². The smallest absolute Gasteiger partial charge is 0.216 e. The highest BCUT2D eigenvalue weighted by atomic mass is 16.5. The summed E-state index contributed by atoms with van der Waals surface area (Å²) in [5.74, 6) is -1.48. The molecule has 2 rings (SSSR count). The monoisotopic (exact) mass is 252 g/mol. The summed E-state index contributed by atoms with van der Waals surface area (Å²) in [5, 5.41) is 1.00. The number of hydrogen-bond donors (Lipinski definition) is 1. The van der Waals surface area contributed by atoms with E-state index in [1.807, 2.05) is 0 Å². The maximum atomic E-state index is 11.7. The quantitative estimate of drug-likeness (QED) is 0.908. The molecule has 0 fully saturated rings. The largest absolute Gasteiger partial charge is 0.497 e. The number of hydrogen-bond acceptors (Lipinski definition) is 2. The zero-order valence-electron chi connectivity index (χ0n) is 18.4. The first kappa shape index (κ1) is 5.31. The molecule has 1 amide bonds. The van der Waals surface area contributed by atoms with Gasteiger partial charge in [0, 0.05) is 20.3 Å². The molecule has 0 bridgehead atoms. The molecule has 0 aliphatic rings. The van der Waals surface area contributed by atoms with Crippen molar-refractivity contribution in [3.63, 3.8) is 0 Å². The molecule has 2 aromatic rings. The van der Waals surface area contributed by atoms with Crippen LogP contribution in [0.2, 0.25) is 1.41 Å². The number of methoxy groups -OCH3 is 1. The lowest BCUT2D eigenvalue weighted by Gasteiger charge is -2.08. The standard InChI is InChI=1S/C15H17NO2/c1-11(17)16-9-8-13-5-3-4-12-6-7-14(18-2)10-15(12)13/h3-7,10H,8-9H2,1-2H3,(H,16,17)/i1D3,2D3,8D2/hD. The van der Waals surface area contributed by atoms with Crippen LogP contribution in [0.1, 0.15) is 23.4 Å². The molecule has 0 saturated heterocycles. The van der Waals surface area contributed by atoms with Crippen LogP contribution in [0.3, 0.4) is 0 Å². The lowest BCUT2D eigenvalue weighted by atomic mass is 10.0. The van der Waals surface area contributed by atoms with Crippen LogP contribution < -0.4 is 10.0 Å². The van der Waals surface area contributed by atoms with E-state index in [4.69, 9.17) is 17.1 Å². The van der Waals surface area contributed by atoms with Crippen molar-refractivity contribution in [1.82, 2.24) is 5.31 Å². The second-order valence-corrected chi connectivity index (χ2v) is 3.59. The van der Waals surface area contributed by atoms with E-state index in [0.29, 0.717) is 10.8 Å². The fourth-order valence-electron chi connectivity index (χ4n) is 1.67. The number of fused-ring (bicyclic) bond motifs is 1. The third-order valence-electron chi connectivity index (χ3n) is 2.46. The molecule has 0 aliphatic carbocycles. The van der Waals surface area contributed by atoms with E-state index in [2.05, 4.69) is 0 Å². The Hall–Kier alpha value is -2.03. The summed E-state index contributed by atoms with van der Waals surface area (Å²) in [6, 6.07) is 9.02. The van der Waals surface area contributed by atoms with Gasteiger partial charge in [-0.2, -0.15) is 0 Å². The molecule has 3 heteroatoms. The Morgan fingerprint density at radius 2 is 2.44 bits per heavy atom. The van der Waals surface area contributed by atoms with Gasteiger partial charge in [-0.25, -0.2) is 0 Å². The van der Waals surface area contributed by atoms with Gasteiger partial charge in [0.2, 0.25) is 5.91 Å². The van der Waals surface area contributed by atoms with Crippen LogP contribution in [0.25, 0.3) is 10.8 Å². The van der Waals surface area contributed by atoms with Crippen molar-refractivity contribution >= 4 is 16.7 Å². The first-order chi connectivity index (χ1) is 12.2. The van der Waals surface area contributed by atoms with Gasteiger partial charge in [-0.3, -0.25) is 4.79 Å². The van der Waals surface area contributed by atoms with Crippen molar-refractivity contribution < 1.29 is 21.9 Å². The molecule has 94 valence electrons. The molecule has 18 heavy (non-hydrogen) atoms. The van der Waals surface area contributed by atoms with E-state index < -0.39 is 32.7 Å². The Kier molecular flexibility index (Phi) is 1.63. The third kappa shape index (κ3) is 2.80. The summed E-state index contributed by atoms with van der Waals surface area (Å²) < 4.78 is 71.6. The Labute approximate surface area is 119 Å². The molecule has 0 spiro atoms. The average molecular weight is 252 g/mol. The van der Waals surface area contributed by atoms with Gasteiger partial charge in [0.15, 0.2) is 1.41 Å². The predicted octanol–water partition coefficient (Wildman–Crippen LogP) is 2.53. The van der Waals surface area contributed by atoms with Gasteiger partial charge >= 0.3 is 0 Å². The van der Waals surface area contributed by atoms with Crippen molar-refractivity contribution in [2.75, 3.05) is 13.6 Å². The summed E-state index contributed by atoms with van der Waals surface area (Å²) in [7, 11) is -2.67. The number of rotatable bonds is 4. The highest BCUT2D eigenvalue weighted by molar-refractivity contribution is 5.87. The van der Waals surface area contributed by atoms with Crippen LogP contribution in [-0.4, -0.2) is 19.5 Å². The van der Waals surface area contributed by atoms with Crippen LogP contribution in [0.15, 0.2) is 36.4 Å². The normalized spacial score (nSPS) is 19.9. The molecule has 0 atom stereocenters. The predicted molar refractivity (Wildman–Crippen MR) is 72.9 cm³/mol. The van der Waals surface area contributed by atoms with Crippen LogP contribution in [0.4, 0.5) is 0 Å². The molecule has 0 heterocycles. The van der Waals surface area contributed by atoms with E-state index in [0.717, 1.165) is 0 Å². The second-order valence-electron chi connectivity index (χ2n) is 3.59. The van der Waals surface area contributed by atoms with Crippen molar-refractivity contribution in [3.05, 3.63) is 42.0 Å². The zero-order chi connectivity index (χ0) is 20.6. The van der Waals surface area contributed by atoms with Gasteiger partial charge in [-0.05, 0) is 34.8 Å². The van der Waals surface area contributed by atoms with Crippen LogP contribution in [0, 0.1) is 0 Å². The maximum absolute atomic E-state index is 11.7. The first-order valence-electron chi connectivity index (χ1n) is 9.69. The van der Waals surface area contributed by atoms with E-state index in [-0.39, 0.29) is 16.6 Å². The maximum Gasteiger partial charge on any atom is 0.216 e. The first-order valence-corrected chi connectivity index (χ1v) is 5.24. The van der Waals surface area contributed by atoms with E-state index in [1.54, 1.807) is 18.2 Å². The molecule has 0 aliphatic heterocycles. The number of benzene rings is 2. The van der Waals surface area contributed by atoms with E-state index in [1.165, 1.54) is 18.2 Å². The number of carbonyl (C=O) groups excluding carboxylic acids is 1. The molecule has 1 N–H and O–H groups in total. The minimum atomic E-state index is -3.04. The second kappa shape index (κ2) is 5.54. The molecule has 0 saturated carbocycles. The number of carbonyl (C=O) groups is 1. The minimum Gasteiger partial charge on any atom is -0.497 e. The Bertz CT molecular complexity index is 845. The van der Waals surface area contributed by atoms with Crippen molar-refractivity contribution in [3.8, 4) is 5.75 Å². The number of amides is 1. The average Bonchev–Trinajstić information content (AvgIpc) is 2.50. The molecular weight excluding hydrogens is 226 g/mol. The van der Waals surface area contributed by atoms with E-state index in [9.17, 15) is 4.79 Å². The summed E-state index contributed by atoms with van der Waals surface area (Å²) in [5.41, 5.74) is 0.0755. The molecule has 0 aromatic heterocycles. The van der Waals surface area contributed by atoms with Gasteiger partial charge in [0.25, 0.3) is 0 Å². The molecule has 0 radical (unpaired) electrons. The van der Waals surface area contributed by atoms with Gasteiger partial charge < -0.3 is 10.0 Å².